The summed E-state index contributed by atoms with van der Waals surface area (Å²) >= 11 is 3.43. The van der Waals surface area contributed by atoms with E-state index in [-0.39, 0.29) is 11.9 Å². The van der Waals surface area contributed by atoms with Crippen molar-refractivity contribution in [2.75, 3.05) is 12.1 Å². The summed E-state index contributed by atoms with van der Waals surface area (Å²) in [6.45, 7) is 2.06. The van der Waals surface area contributed by atoms with Gasteiger partial charge in [-0.1, -0.05) is 22.0 Å². The third-order valence-corrected chi connectivity index (χ3v) is 3.14. The average Bonchev–Trinajstić information content (AvgIpc) is 2.41. The van der Waals surface area contributed by atoms with Gasteiger partial charge in [-0.3, -0.25) is 14.8 Å². The lowest BCUT2D eigenvalue weighted by Crippen LogP contribution is -2.38. The Morgan fingerprint density at radius 2 is 2.20 bits per heavy atom. The van der Waals surface area contributed by atoms with Gasteiger partial charge in [-0.15, -0.1) is 0 Å². The molecule has 15 heavy (non-hydrogen) atoms. The van der Waals surface area contributed by atoms with Crippen molar-refractivity contribution in [3.8, 4) is 0 Å². The van der Waals surface area contributed by atoms with Gasteiger partial charge in [0, 0.05) is 11.5 Å². The van der Waals surface area contributed by atoms with E-state index in [1.165, 1.54) is 0 Å². The summed E-state index contributed by atoms with van der Waals surface area (Å²) in [5.74, 6) is 0.169. The first-order valence-electron chi connectivity index (χ1n) is 4.91. The van der Waals surface area contributed by atoms with Crippen molar-refractivity contribution in [2.45, 2.75) is 19.4 Å². The number of amides is 1. The van der Waals surface area contributed by atoms with Crippen LogP contribution in [-0.2, 0) is 4.79 Å². The van der Waals surface area contributed by atoms with Crippen molar-refractivity contribution >= 4 is 27.5 Å². The van der Waals surface area contributed by atoms with Gasteiger partial charge in [0.1, 0.15) is 0 Å². The number of carbonyl (C=O) groups is 1. The fraction of sp³-hybridized carbons (Fsp3) is 0.364. The minimum Gasteiger partial charge on any atom is -0.280 e. The van der Waals surface area contributed by atoms with Gasteiger partial charge in [-0.25, -0.2) is 0 Å². The molecule has 1 aliphatic heterocycles. The first-order chi connectivity index (χ1) is 7.09. The Kier molecular flexibility index (Phi) is 2.69. The number of anilines is 1. The van der Waals surface area contributed by atoms with Crippen molar-refractivity contribution in [1.29, 1.82) is 0 Å². The molecule has 1 amide bonds. The van der Waals surface area contributed by atoms with Gasteiger partial charge >= 0.3 is 0 Å². The zero-order valence-electron chi connectivity index (χ0n) is 8.77. The highest BCUT2D eigenvalue weighted by Gasteiger charge is 2.32. The summed E-state index contributed by atoms with van der Waals surface area (Å²) in [6, 6.07) is 8.22. The molecule has 1 unspecified atom stereocenters. The van der Waals surface area contributed by atoms with Crippen molar-refractivity contribution < 1.29 is 4.79 Å². The van der Waals surface area contributed by atoms with E-state index in [4.69, 9.17) is 0 Å². The molecule has 4 heteroatoms. The maximum absolute atomic E-state index is 11.5. The third-order valence-electron chi connectivity index (χ3n) is 2.64. The Morgan fingerprint density at radius 1 is 1.47 bits per heavy atom. The van der Waals surface area contributed by atoms with Crippen LogP contribution in [0.4, 0.5) is 5.69 Å². The number of hydrazine groups is 1. The van der Waals surface area contributed by atoms with Crippen LogP contribution in [-0.4, -0.2) is 24.0 Å². The fourth-order valence-corrected chi connectivity index (χ4v) is 2.32. The number of rotatable bonds is 1. The maximum Gasteiger partial charge on any atom is 0.242 e. The minimum absolute atomic E-state index is 0.169. The zero-order valence-corrected chi connectivity index (χ0v) is 10.4. The molecule has 1 saturated heterocycles. The minimum atomic E-state index is 0.169. The lowest BCUT2D eigenvalue weighted by Gasteiger charge is -2.29. The van der Waals surface area contributed by atoms with Gasteiger partial charge in [-0.05, 0) is 25.1 Å². The molecular weight excluding hydrogens is 256 g/mol. The number of hydrogen-bond acceptors (Lipinski definition) is 2. The van der Waals surface area contributed by atoms with Crippen LogP contribution < -0.4 is 5.01 Å². The number of halogens is 1. The van der Waals surface area contributed by atoms with Crippen LogP contribution in [0.3, 0.4) is 0 Å². The normalized spacial score (nSPS) is 21.3. The molecule has 0 bridgehead atoms. The lowest BCUT2D eigenvalue weighted by molar-refractivity contribution is -0.126. The molecule has 3 nitrogen and oxygen atoms in total. The molecule has 0 aromatic heterocycles. The standard InChI is InChI=1S/C11H13BrN2O/c1-8-6-11(15)13(2)14(8)10-5-3-4-9(12)7-10/h3-5,7-8H,6H2,1-2H3. The number of hydrogen-bond donors (Lipinski definition) is 0. The van der Waals surface area contributed by atoms with Crippen LogP contribution in [0.25, 0.3) is 0 Å². The Morgan fingerprint density at radius 3 is 2.73 bits per heavy atom. The van der Waals surface area contributed by atoms with Crippen LogP contribution in [0.15, 0.2) is 28.7 Å². The van der Waals surface area contributed by atoms with Gasteiger partial charge in [0.25, 0.3) is 0 Å². The van der Waals surface area contributed by atoms with E-state index in [2.05, 4.69) is 22.9 Å². The van der Waals surface area contributed by atoms with Crippen LogP contribution in [0.1, 0.15) is 13.3 Å². The largest absolute Gasteiger partial charge is 0.280 e. The quantitative estimate of drug-likeness (QED) is 0.781. The second kappa shape index (κ2) is 3.85. The molecule has 1 heterocycles. The topological polar surface area (TPSA) is 23.6 Å². The SMILES string of the molecule is CC1CC(=O)N(C)N1c1cccc(Br)c1. The number of carbonyl (C=O) groups excluding carboxylic acids is 1. The highest BCUT2D eigenvalue weighted by Crippen LogP contribution is 2.28. The molecule has 0 N–H and O–H groups in total. The van der Waals surface area contributed by atoms with Crippen LogP contribution in [0.5, 0.6) is 0 Å². The van der Waals surface area contributed by atoms with E-state index in [9.17, 15) is 4.79 Å². The van der Waals surface area contributed by atoms with Gasteiger partial charge in [0.2, 0.25) is 5.91 Å². The molecule has 1 aliphatic rings. The summed E-state index contributed by atoms with van der Waals surface area (Å²) in [6.07, 6.45) is 0.586. The van der Waals surface area contributed by atoms with E-state index in [0.717, 1.165) is 10.2 Å². The van der Waals surface area contributed by atoms with Crippen LogP contribution in [0.2, 0.25) is 0 Å². The Hall–Kier alpha value is -1.03. The summed E-state index contributed by atoms with van der Waals surface area (Å²) < 4.78 is 1.03. The molecule has 1 aromatic rings. The summed E-state index contributed by atoms with van der Waals surface area (Å²) in [7, 11) is 1.81. The van der Waals surface area contributed by atoms with Crippen molar-refractivity contribution in [3.63, 3.8) is 0 Å². The first-order valence-corrected chi connectivity index (χ1v) is 5.70. The lowest BCUT2D eigenvalue weighted by atomic mass is 10.2. The second-order valence-corrected chi connectivity index (χ2v) is 4.71. The molecule has 0 aliphatic carbocycles. The van der Waals surface area contributed by atoms with E-state index in [1.54, 1.807) is 5.01 Å². The smallest absolute Gasteiger partial charge is 0.242 e. The van der Waals surface area contributed by atoms with Crippen LogP contribution >= 0.6 is 15.9 Å². The highest BCUT2D eigenvalue weighted by atomic mass is 79.9. The van der Waals surface area contributed by atoms with E-state index >= 15 is 0 Å². The molecule has 0 saturated carbocycles. The van der Waals surface area contributed by atoms with E-state index < -0.39 is 0 Å². The molecule has 1 atom stereocenters. The first kappa shape index (κ1) is 10.5. The Labute approximate surface area is 97.8 Å². The zero-order chi connectivity index (χ0) is 11.0. The van der Waals surface area contributed by atoms with Gasteiger partial charge in [0.05, 0.1) is 18.2 Å². The van der Waals surface area contributed by atoms with Gasteiger partial charge < -0.3 is 0 Å². The summed E-state index contributed by atoms with van der Waals surface area (Å²) in [4.78, 5) is 11.5. The summed E-state index contributed by atoms with van der Waals surface area (Å²) in [5, 5.41) is 3.71. The Balaban J connectivity index is 2.34. The molecule has 0 radical (unpaired) electrons. The second-order valence-electron chi connectivity index (χ2n) is 3.79. The highest BCUT2D eigenvalue weighted by molar-refractivity contribution is 9.10. The van der Waals surface area contributed by atoms with E-state index in [0.29, 0.717) is 6.42 Å². The maximum atomic E-state index is 11.5. The summed E-state index contributed by atoms with van der Waals surface area (Å²) in [5.41, 5.74) is 1.05. The van der Waals surface area contributed by atoms with Crippen molar-refractivity contribution in [2.24, 2.45) is 0 Å². The predicted octanol–water partition coefficient (Wildman–Crippen LogP) is 2.42. The monoisotopic (exact) mass is 268 g/mol. The number of benzene rings is 1. The molecule has 2 rings (SSSR count). The fourth-order valence-electron chi connectivity index (χ4n) is 1.93. The molecule has 1 aromatic carbocycles. The van der Waals surface area contributed by atoms with Gasteiger partial charge in [0.15, 0.2) is 0 Å². The molecule has 0 spiro atoms. The van der Waals surface area contributed by atoms with Crippen molar-refractivity contribution in [3.05, 3.63) is 28.7 Å². The van der Waals surface area contributed by atoms with Crippen LogP contribution in [0, 0.1) is 0 Å². The third kappa shape index (κ3) is 1.86. The van der Waals surface area contributed by atoms with Gasteiger partial charge in [-0.2, -0.15) is 0 Å². The van der Waals surface area contributed by atoms with E-state index in [1.807, 2.05) is 36.3 Å². The van der Waals surface area contributed by atoms with Crippen molar-refractivity contribution in [1.82, 2.24) is 5.01 Å². The average molecular weight is 269 g/mol. The number of nitrogens with zero attached hydrogens (tertiary/aromatic N) is 2. The molecular formula is C11H13BrN2O. The Bertz CT molecular complexity index is 394. The molecule has 80 valence electrons. The molecule has 1 fully saturated rings. The predicted molar refractivity (Wildman–Crippen MR) is 63.5 cm³/mol.